The first-order valence-corrected chi connectivity index (χ1v) is 11.3. The number of esters is 1. The Bertz CT molecular complexity index is 1280. The van der Waals surface area contributed by atoms with Crippen molar-refractivity contribution >= 4 is 61.9 Å². The van der Waals surface area contributed by atoms with Gasteiger partial charge in [-0.15, -0.1) is 22.7 Å². The lowest BCUT2D eigenvalue weighted by molar-refractivity contribution is -0.115. The highest BCUT2D eigenvalue weighted by atomic mass is 35.5. The van der Waals surface area contributed by atoms with Crippen LogP contribution in [0.4, 0.5) is 10.1 Å². The molecule has 2 heterocycles. The van der Waals surface area contributed by atoms with Crippen molar-refractivity contribution in [2.75, 3.05) is 5.32 Å². The van der Waals surface area contributed by atoms with Gasteiger partial charge in [-0.05, 0) is 36.8 Å². The molecule has 5 nitrogen and oxygen atoms in total. The molecular formula is C22H16ClFN2O3S2. The van der Waals surface area contributed by atoms with Crippen LogP contribution in [0.5, 0.6) is 0 Å². The van der Waals surface area contributed by atoms with Gasteiger partial charge in [0, 0.05) is 21.2 Å². The quantitative estimate of drug-likeness (QED) is 0.348. The number of thiophene rings is 1. The van der Waals surface area contributed by atoms with Crippen molar-refractivity contribution in [3.05, 3.63) is 79.8 Å². The van der Waals surface area contributed by atoms with Gasteiger partial charge in [-0.2, -0.15) is 0 Å². The SMILES string of the molecule is Cc1ccccc1NC(=O)Cc1nc(COC(=O)c2sc3cc(F)ccc3c2Cl)cs1. The standard InChI is InChI=1S/C22H16ClFN2O3S2/c1-12-4-2-3-5-16(12)26-18(27)9-19-25-14(11-30-19)10-29-22(28)21-20(23)15-7-6-13(24)8-17(15)31-21/h2-8,11H,9-10H2,1H3,(H,26,27). The number of benzene rings is 2. The summed E-state index contributed by atoms with van der Waals surface area (Å²) in [5.74, 6) is -1.17. The Morgan fingerprint density at radius 3 is 2.84 bits per heavy atom. The van der Waals surface area contributed by atoms with E-state index in [9.17, 15) is 14.0 Å². The third-order valence-electron chi connectivity index (χ3n) is 4.46. The molecule has 0 bridgehead atoms. The van der Waals surface area contributed by atoms with Crippen LogP contribution in [0.25, 0.3) is 10.1 Å². The third-order valence-corrected chi connectivity index (χ3v) is 6.99. The molecule has 0 aliphatic heterocycles. The number of amides is 1. The molecule has 0 unspecified atom stereocenters. The lowest BCUT2D eigenvalue weighted by Crippen LogP contribution is -2.15. The minimum absolute atomic E-state index is 0.0479. The van der Waals surface area contributed by atoms with Crippen LogP contribution in [0.1, 0.15) is 25.9 Å². The van der Waals surface area contributed by atoms with E-state index in [0.717, 1.165) is 22.6 Å². The molecule has 2 aromatic carbocycles. The number of ether oxygens (including phenoxy) is 1. The van der Waals surface area contributed by atoms with E-state index in [1.807, 2.05) is 31.2 Å². The number of nitrogens with one attached hydrogen (secondary N) is 1. The molecule has 0 aliphatic rings. The Morgan fingerprint density at radius 1 is 1.23 bits per heavy atom. The van der Waals surface area contributed by atoms with Crippen LogP contribution >= 0.6 is 34.3 Å². The Balaban J connectivity index is 1.36. The van der Waals surface area contributed by atoms with Crippen molar-refractivity contribution in [2.45, 2.75) is 20.0 Å². The predicted molar refractivity (Wildman–Crippen MR) is 122 cm³/mol. The molecule has 1 amide bonds. The molecule has 31 heavy (non-hydrogen) atoms. The van der Waals surface area contributed by atoms with Gasteiger partial charge in [0.05, 0.1) is 17.1 Å². The van der Waals surface area contributed by atoms with Gasteiger partial charge in [-0.3, -0.25) is 4.79 Å². The third kappa shape index (κ3) is 4.92. The number of aryl methyl sites for hydroxylation is 1. The average Bonchev–Trinajstić information content (AvgIpc) is 3.31. The summed E-state index contributed by atoms with van der Waals surface area (Å²) >= 11 is 8.65. The molecule has 0 atom stereocenters. The Morgan fingerprint density at radius 2 is 2.03 bits per heavy atom. The molecule has 0 saturated carbocycles. The minimum Gasteiger partial charge on any atom is -0.455 e. The zero-order chi connectivity index (χ0) is 22.0. The number of para-hydroxylation sites is 1. The van der Waals surface area contributed by atoms with Crippen molar-refractivity contribution in [3.8, 4) is 0 Å². The molecule has 4 rings (SSSR count). The monoisotopic (exact) mass is 474 g/mol. The maximum atomic E-state index is 13.4. The molecule has 4 aromatic rings. The average molecular weight is 475 g/mol. The van der Waals surface area contributed by atoms with Crippen molar-refractivity contribution in [2.24, 2.45) is 0 Å². The number of hydrogen-bond donors (Lipinski definition) is 1. The number of carbonyl (C=O) groups excluding carboxylic acids is 2. The fourth-order valence-electron chi connectivity index (χ4n) is 2.92. The van der Waals surface area contributed by atoms with E-state index in [2.05, 4.69) is 10.3 Å². The molecule has 158 valence electrons. The normalized spacial score (nSPS) is 10.9. The van der Waals surface area contributed by atoms with Gasteiger partial charge in [0.15, 0.2) is 0 Å². The highest BCUT2D eigenvalue weighted by molar-refractivity contribution is 7.21. The molecule has 2 aromatic heterocycles. The van der Waals surface area contributed by atoms with Gasteiger partial charge in [0.25, 0.3) is 0 Å². The van der Waals surface area contributed by atoms with Crippen LogP contribution in [-0.4, -0.2) is 16.9 Å². The smallest absolute Gasteiger partial charge is 0.350 e. The fraction of sp³-hybridized carbons (Fsp3) is 0.136. The van der Waals surface area contributed by atoms with Crippen molar-refractivity contribution < 1.29 is 18.7 Å². The maximum absolute atomic E-state index is 13.4. The predicted octanol–water partition coefficient (Wildman–Crippen LogP) is 6.00. The van der Waals surface area contributed by atoms with E-state index < -0.39 is 11.8 Å². The number of rotatable bonds is 6. The molecule has 0 fully saturated rings. The van der Waals surface area contributed by atoms with Crippen molar-refractivity contribution in [3.63, 3.8) is 0 Å². The Labute approximate surface area is 190 Å². The second-order valence-corrected chi connectivity index (χ2v) is 9.11. The first-order valence-electron chi connectivity index (χ1n) is 9.24. The number of nitrogens with zero attached hydrogens (tertiary/aromatic N) is 1. The summed E-state index contributed by atoms with van der Waals surface area (Å²) < 4.78 is 19.3. The summed E-state index contributed by atoms with van der Waals surface area (Å²) in [6.07, 6.45) is 0.126. The molecule has 0 saturated heterocycles. The van der Waals surface area contributed by atoms with Crippen molar-refractivity contribution in [1.29, 1.82) is 0 Å². The zero-order valence-corrected chi connectivity index (χ0v) is 18.7. The second-order valence-electron chi connectivity index (χ2n) is 6.73. The van der Waals surface area contributed by atoms with E-state index in [0.29, 0.717) is 20.8 Å². The van der Waals surface area contributed by atoms with Crippen LogP contribution < -0.4 is 5.32 Å². The lowest BCUT2D eigenvalue weighted by atomic mass is 10.2. The van der Waals surface area contributed by atoms with Gasteiger partial charge >= 0.3 is 5.97 Å². The van der Waals surface area contributed by atoms with E-state index >= 15 is 0 Å². The highest BCUT2D eigenvalue weighted by Crippen LogP contribution is 2.36. The first kappa shape index (κ1) is 21.4. The number of aromatic nitrogens is 1. The van der Waals surface area contributed by atoms with Gasteiger partial charge in [0.1, 0.15) is 22.3 Å². The number of carbonyl (C=O) groups is 2. The fourth-order valence-corrected chi connectivity index (χ4v) is 5.12. The summed E-state index contributed by atoms with van der Waals surface area (Å²) in [6, 6.07) is 11.7. The summed E-state index contributed by atoms with van der Waals surface area (Å²) in [7, 11) is 0. The first-order chi connectivity index (χ1) is 14.9. The molecule has 1 N–H and O–H groups in total. The zero-order valence-electron chi connectivity index (χ0n) is 16.3. The molecule has 0 spiro atoms. The number of fused-ring (bicyclic) bond motifs is 1. The van der Waals surface area contributed by atoms with Crippen LogP contribution in [0.2, 0.25) is 5.02 Å². The Hall–Kier alpha value is -2.81. The second kappa shape index (κ2) is 9.13. The van der Waals surface area contributed by atoms with Crippen LogP contribution in [0.15, 0.2) is 47.8 Å². The van der Waals surface area contributed by atoms with Crippen LogP contribution in [-0.2, 0) is 22.6 Å². The van der Waals surface area contributed by atoms with E-state index in [4.69, 9.17) is 16.3 Å². The molecular weight excluding hydrogens is 459 g/mol. The van der Waals surface area contributed by atoms with Gasteiger partial charge in [-0.1, -0.05) is 29.8 Å². The van der Waals surface area contributed by atoms with E-state index in [-0.39, 0.29) is 28.8 Å². The summed E-state index contributed by atoms with van der Waals surface area (Å²) in [6.45, 7) is 1.87. The Kier molecular flexibility index (Phi) is 6.31. The summed E-state index contributed by atoms with van der Waals surface area (Å²) in [4.78, 5) is 29.3. The van der Waals surface area contributed by atoms with Gasteiger partial charge < -0.3 is 10.1 Å². The maximum Gasteiger partial charge on any atom is 0.350 e. The van der Waals surface area contributed by atoms with E-state index in [1.165, 1.54) is 29.5 Å². The lowest BCUT2D eigenvalue weighted by Gasteiger charge is -2.06. The number of thiazole rings is 1. The number of anilines is 1. The minimum atomic E-state index is -0.599. The number of halogens is 2. The molecule has 0 radical (unpaired) electrons. The van der Waals surface area contributed by atoms with Gasteiger partial charge in [0.2, 0.25) is 5.91 Å². The van der Waals surface area contributed by atoms with Crippen molar-refractivity contribution in [1.82, 2.24) is 4.98 Å². The van der Waals surface area contributed by atoms with Gasteiger partial charge in [-0.25, -0.2) is 14.2 Å². The topological polar surface area (TPSA) is 68.3 Å². The van der Waals surface area contributed by atoms with Crippen LogP contribution in [0, 0.1) is 12.7 Å². The summed E-state index contributed by atoms with van der Waals surface area (Å²) in [5.41, 5.74) is 2.28. The molecule has 0 aliphatic carbocycles. The highest BCUT2D eigenvalue weighted by Gasteiger charge is 2.19. The van der Waals surface area contributed by atoms with Crippen LogP contribution in [0.3, 0.4) is 0 Å². The largest absolute Gasteiger partial charge is 0.455 e. The summed E-state index contributed by atoms with van der Waals surface area (Å²) in [5, 5.41) is 6.08. The molecule has 9 heteroatoms. The number of hydrogen-bond acceptors (Lipinski definition) is 6. The van der Waals surface area contributed by atoms with E-state index in [1.54, 1.807) is 5.38 Å².